The monoisotopic (exact) mass is 532 g/mol. The van der Waals surface area contributed by atoms with Crippen molar-refractivity contribution < 1.29 is 14.6 Å². The molecule has 1 unspecified atom stereocenters. The van der Waals surface area contributed by atoms with Gasteiger partial charge in [0, 0.05) is 43.8 Å². The van der Waals surface area contributed by atoms with E-state index in [1.807, 2.05) is 45.0 Å². The lowest BCUT2D eigenvalue weighted by Gasteiger charge is -2.27. The third kappa shape index (κ3) is 9.18. The normalized spacial score (nSPS) is 18.8. The number of amides is 1. The Morgan fingerprint density at radius 1 is 1.33 bits per heavy atom. The van der Waals surface area contributed by atoms with E-state index in [1.54, 1.807) is 0 Å². The maximum absolute atomic E-state index is 12.0. The van der Waals surface area contributed by atoms with Crippen LogP contribution < -0.4 is 16.0 Å². The summed E-state index contributed by atoms with van der Waals surface area (Å²) in [5, 5.41) is 19.0. The van der Waals surface area contributed by atoms with E-state index in [2.05, 4.69) is 20.9 Å². The fourth-order valence-corrected chi connectivity index (χ4v) is 3.43. The van der Waals surface area contributed by atoms with Gasteiger partial charge in [0.2, 0.25) is 5.91 Å². The molecular weight excluding hydrogens is 495 g/mol. The predicted molar refractivity (Wildman–Crippen MR) is 132 cm³/mol. The number of halogens is 1. The molecule has 1 saturated heterocycles. The third-order valence-corrected chi connectivity index (χ3v) is 5.03. The molecule has 1 aliphatic heterocycles. The van der Waals surface area contributed by atoms with Crippen LogP contribution in [0.25, 0.3) is 0 Å². The van der Waals surface area contributed by atoms with Gasteiger partial charge in [-0.3, -0.25) is 4.79 Å². The Kier molecular flexibility index (Phi) is 12.3. The number of hydrogen-bond donors (Lipinski definition) is 4. The van der Waals surface area contributed by atoms with Gasteiger partial charge >= 0.3 is 0 Å². The van der Waals surface area contributed by atoms with Crippen LogP contribution in [-0.4, -0.2) is 49.9 Å². The number of guanidine groups is 1. The molecule has 170 valence electrons. The van der Waals surface area contributed by atoms with Crippen molar-refractivity contribution in [3.63, 3.8) is 0 Å². The van der Waals surface area contributed by atoms with E-state index in [0.29, 0.717) is 32.0 Å². The molecule has 0 saturated carbocycles. The number of ether oxygens (including phenoxy) is 1. The van der Waals surface area contributed by atoms with Crippen LogP contribution in [0.3, 0.4) is 0 Å². The van der Waals surface area contributed by atoms with Gasteiger partial charge in [-0.1, -0.05) is 26.0 Å². The molecule has 1 aromatic carbocycles. The van der Waals surface area contributed by atoms with Crippen molar-refractivity contribution in [2.24, 2.45) is 16.3 Å². The summed E-state index contributed by atoms with van der Waals surface area (Å²) >= 11 is 0. The Bertz CT molecular complexity index is 676. The van der Waals surface area contributed by atoms with Crippen molar-refractivity contribution in [3.05, 3.63) is 29.8 Å². The molecule has 1 heterocycles. The zero-order valence-corrected chi connectivity index (χ0v) is 20.7. The number of aliphatic hydroxyl groups excluding tert-OH is 1. The number of benzene rings is 1. The largest absolute Gasteiger partial charge is 0.396 e. The van der Waals surface area contributed by atoms with Crippen LogP contribution in [0.5, 0.6) is 0 Å². The molecule has 2 rings (SSSR count). The van der Waals surface area contributed by atoms with E-state index in [4.69, 9.17) is 4.74 Å². The maximum atomic E-state index is 12.0. The van der Waals surface area contributed by atoms with E-state index in [-0.39, 0.29) is 41.9 Å². The van der Waals surface area contributed by atoms with E-state index >= 15 is 0 Å². The van der Waals surface area contributed by atoms with Gasteiger partial charge in [0.05, 0.1) is 13.2 Å². The number of carbonyl (C=O) groups is 1. The molecule has 0 aromatic heterocycles. The number of nitrogens with zero attached hydrogens (tertiary/aromatic N) is 1. The summed E-state index contributed by atoms with van der Waals surface area (Å²) < 4.78 is 5.56. The first-order chi connectivity index (χ1) is 14.0. The van der Waals surface area contributed by atoms with Crippen LogP contribution in [0.4, 0.5) is 5.69 Å². The number of rotatable bonds is 10. The lowest BCUT2D eigenvalue weighted by atomic mass is 9.84. The lowest BCUT2D eigenvalue weighted by molar-refractivity contribution is -0.116. The van der Waals surface area contributed by atoms with Crippen molar-refractivity contribution >= 4 is 41.5 Å². The van der Waals surface area contributed by atoms with Crippen LogP contribution in [0, 0.1) is 11.3 Å². The fourth-order valence-electron chi connectivity index (χ4n) is 3.43. The van der Waals surface area contributed by atoms with Crippen LogP contribution in [0.2, 0.25) is 0 Å². The second-order valence-corrected chi connectivity index (χ2v) is 8.17. The molecule has 1 fully saturated rings. The summed E-state index contributed by atoms with van der Waals surface area (Å²) in [6, 6.07) is 7.79. The number of nitrogens with one attached hydrogen (secondary N) is 3. The lowest BCUT2D eigenvalue weighted by Crippen LogP contribution is -2.44. The molecule has 1 atom stereocenters. The minimum atomic E-state index is -0.0362. The van der Waals surface area contributed by atoms with Gasteiger partial charge in [-0.2, -0.15) is 0 Å². The zero-order chi connectivity index (χ0) is 21.1. The van der Waals surface area contributed by atoms with Crippen LogP contribution in [0.15, 0.2) is 29.3 Å². The van der Waals surface area contributed by atoms with Gasteiger partial charge in [-0.25, -0.2) is 4.99 Å². The topological polar surface area (TPSA) is 95.0 Å². The summed E-state index contributed by atoms with van der Waals surface area (Å²) in [6.07, 6.45) is 2.17. The van der Waals surface area contributed by atoms with Gasteiger partial charge in [0.15, 0.2) is 5.96 Å². The van der Waals surface area contributed by atoms with Gasteiger partial charge in [-0.15, -0.1) is 24.0 Å². The van der Waals surface area contributed by atoms with E-state index in [1.165, 1.54) is 0 Å². The zero-order valence-electron chi connectivity index (χ0n) is 18.4. The molecule has 1 aromatic rings. The quantitative estimate of drug-likeness (QED) is 0.211. The van der Waals surface area contributed by atoms with E-state index in [9.17, 15) is 9.90 Å². The van der Waals surface area contributed by atoms with Crippen LogP contribution >= 0.6 is 24.0 Å². The van der Waals surface area contributed by atoms with Crippen molar-refractivity contribution in [2.75, 3.05) is 38.2 Å². The van der Waals surface area contributed by atoms with Crippen molar-refractivity contribution in [3.8, 4) is 0 Å². The standard InChI is InChI=1S/C22H36N4O3.HI/c1-4-23-21(25-15-22(8-10-27)9-11-29-16-22)24-14-18-6-5-7-19(13-18)26-20(28)12-17(2)3;/h5-7,13,17,27H,4,8-12,14-16H2,1-3H3,(H,26,28)(H2,23,24,25);1H. The Balaban J connectivity index is 0.00000450. The molecule has 0 radical (unpaired) electrons. The first kappa shape index (κ1) is 26.6. The van der Waals surface area contributed by atoms with Gasteiger partial charge in [0.25, 0.3) is 0 Å². The molecule has 8 heteroatoms. The average molecular weight is 532 g/mol. The van der Waals surface area contributed by atoms with E-state index in [0.717, 1.165) is 43.2 Å². The smallest absolute Gasteiger partial charge is 0.224 e. The van der Waals surface area contributed by atoms with Gasteiger partial charge < -0.3 is 25.8 Å². The van der Waals surface area contributed by atoms with Crippen molar-refractivity contribution in [1.82, 2.24) is 10.6 Å². The Labute approximate surface area is 197 Å². The second kappa shape index (κ2) is 13.8. The molecule has 1 aliphatic rings. The fraction of sp³-hybridized carbons (Fsp3) is 0.636. The number of anilines is 1. The minimum absolute atomic E-state index is 0. The molecule has 1 amide bonds. The molecule has 0 aliphatic carbocycles. The van der Waals surface area contributed by atoms with Gasteiger partial charge in [0.1, 0.15) is 0 Å². The first-order valence-corrected chi connectivity index (χ1v) is 10.6. The molecule has 0 spiro atoms. The third-order valence-electron chi connectivity index (χ3n) is 5.03. The number of aliphatic hydroxyl groups is 1. The SMILES string of the molecule is CCNC(=NCc1cccc(NC(=O)CC(C)C)c1)NCC1(CCO)CCOC1.I. The summed E-state index contributed by atoms with van der Waals surface area (Å²) in [6.45, 7) is 9.64. The second-order valence-electron chi connectivity index (χ2n) is 8.17. The highest BCUT2D eigenvalue weighted by Gasteiger charge is 2.34. The Morgan fingerprint density at radius 2 is 2.13 bits per heavy atom. The van der Waals surface area contributed by atoms with E-state index < -0.39 is 0 Å². The summed E-state index contributed by atoms with van der Waals surface area (Å²) in [4.78, 5) is 16.7. The highest BCUT2D eigenvalue weighted by atomic mass is 127. The first-order valence-electron chi connectivity index (χ1n) is 10.6. The maximum Gasteiger partial charge on any atom is 0.224 e. The summed E-state index contributed by atoms with van der Waals surface area (Å²) in [5.74, 6) is 1.10. The molecule has 30 heavy (non-hydrogen) atoms. The number of aliphatic imine (C=N–C) groups is 1. The molecular formula is C22H37IN4O3. The minimum Gasteiger partial charge on any atom is -0.396 e. The Hall–Kier alpha value is -1.39. The van der Waals surface area contributed by atoms with Crippen LogP contribution in [-0.2, 0) is 16.1 Å². The molecule has 4 N–H and O–H groups in total. The highest BCUT2D eigenvalue weighted by Crippen LogP contribution is 2.31. The predicted octanol–water partition coefficient (Wildman–Crippen LogP) is 3.13. The highest BCUT2D eigenvalue weighted by molar-refractivity contribution is 14.0. The van der Waals surface area contributed by atoms with Crippen LogP contribution in [0.1, 0.15) is 45.6 Å². The summed E-state index contributed by atoms with van der Waals surface area (Å²) in [7, 11) is 0. The molecule has 7 nitrogen and oxygen atoms in total. The van der Waals surface area contributed by atoms with Crippen molar-refractivity contribution in [1.29, 1.82) is 0 Å². The average Bonchev–Trinajstić information content (AvgIpc) is 3.13. The molecule has 0 bridgehead atoms. The number of hydrogen-bond acceptors (Lipinski definition) is 4. The summed E-state index contributed by atoms with van der Waals surface area (Å²) in [5.41, 5.74) is 1.79. The van der Waals surface area contributed by atoms with Crippen molar-refractivity contribution in [2.45, 2.75) is 46.6 Å². The van der Waals surface area contributed by atoms with Gasteiger partial charge in [-0.05, 0) is 43.4 Å². The number of carbonyl (C=O) groups excluding carboxylic acids is 1. The Morgan fingerprint density at radius 3 is 2.77 bits per heavy atom.